The number of nitrogens with one attached hydrogen (secondary N) is 1. The summed E-state index contributed by atoms with van der Waals surface area (Å²) in [5, 5.41) is 3.57. The monoisotopic (exact) mass is 305 g/mol. The van der Waals surface area contributed by atoms with Gasteiger partial charge in [0.1, 0.15) is 18.3 Å². The van der Waals surface area contributed by atoms with E-state index in [4.69, 9.17) is 14.2 Å². The van der Waals surface area contributed by atoms with Crippen LogP contribution in [0.3, 0.4) is 0 Å². The molecule has 122 valence electrons. The molecule has 2 saturated heterocycles. The highest BCUT2D eigenvalue weighted by atomic mass is 16.6. The number of hydrogen-bond donors (Lipinski definition) is 1. The number of fused-ring (bicyclic) bond motifs is 1. The molecule has 2 aliphatic heterocycles. The summed E-state index contributed by atoms with van der Waals surface area (Å²) in [6.07, 6.45) is 1.43. The first-order valence-corrected chi connectivity index (χ1v) is 8.36. The molecule has 4 nitrogen and oxygen atoms in total. The van der Waals surface area contributed by atoms with Crippen molar-refractivity contribution in [3.8, 4) is 0 Å². The van der Waals surface area contributed by atoms with Crippen LogP contribution in [-0.4, -0.2) is 44.1 Å². The summed E-state index contributed by atoms with van der Waals surface area (Å²) in [5.74, 6) is 0.720. The second kappa shape index (κ2) is 7.55. The topological polar surface area (TPSA) is 39.7 Å². The van der Waals surface area contributed by atoms with Crippen LogP contribution in [0.4, 0.5) is 0 Å². The maximum absolute atomic E-state index is 6.02. The van der Waals surface area contributed by atoms with Gasteiger partial charge in [0.2, 0.25) is 0 Å². The molecule has 0 aromatic heterocycles. The minimum absolute atomic E-state index is 0.0436. The predicted molar refractivity (Wildman–Crippen MR) is 85.7 cm³/mol. The highest BCUT2D eigenvalue weighted by Crippen LogP contribution is 2.29. The molecule has 4 atom stereocenters. The van der Waals surface area contributed by atoms with E-state index < -0.39 is 0 Å². The van der Waals surface area contributed by atoms with Crippen molar-refractivity contribution in [1.82, 2.24) is 5.32 Å². The lowest BCUT2D eigenvalue weighted by atomic mass is 10.1. The molecule has 1 aromatic carbocycles. The molecule has 0 spiro atoms. The lowest BCUT2D eigenvalue weighted by Crippen LogP contribution is -2.42. The van der Waals surface area contributed by atoms with Gasteiger partial charge in [-0.25, -0.2) is 0 Å². The Morgan fingerprint density at radius 2 is 1.91 bits per heavy atom. The summed E-state index contributed by atoms with van der Waals surface area (Å²) in [7, 11) is 0. The first-order chi connectivity index (χ1) is 10.7. The van der Waals surface area contributed by atoms with E-state index in [2.05, 4.69) is 31.3 Å². The van der Waals surface area contributed by atoms with E-state index in [1.807, 2.05) is 18.2 Å². The van der Waals surface area contributed by atoms with Crippen molar-refractivity contribution in [3.05, 3.63) is 35.9 Å². The first-order valence-electron chi connectivity index (χ1n) is 8.36. The van der Waals surface area contributed by atoms with Crippen LogP contribution >= 0.6 is 0 Å². The quantitative estimate of drug-likeness (QED) is 0.839. The van der Waals surface area contributed by atoms with E-state index in [1.54, 1.807) is 0 Å². The summed E-state index contributed by atoms with van der Waals surface area (Å²) < 4.78 is 17.9. The zero-order valence-corrected chi connectivity index (χ0v) is 13.5. The average molecular weight is 305 g/mol. The smallest absolute Gasteiger partial charge is 0.114 e. The summed E-state index contributed by atoms with van der Waals surface area (Å²) in [6.45, 7) is 7.48. The molecule has 2 aliphatic rings. The fourth-order valence-corrected chi connectivity index (χ4v) is 3.12. The second-order valence-electron chi connectivity index (χ2n) is 6.67. The molecular weight excluding hydrogens is 278 g/mol. The molecule has 0 unspecified atom stereocenters. The van der Waals surface area contributed by atoms with Gasteiger partial charge in [0.25, 0.3) is 0 Å². The fourth-order valence-electron chi connectivity index (χ4n) is 3.12. The van der Waals surface area contributed by atoms with E-state index in [9.17, 15) is 0 Å². The number of ether oxygens (including phenoxy) is 3. The van der Waals surface area contributed by atoms with Gasteiger partial charge in [-0.1, -0.05) is 44.2 Å². The van der Waals surface area contributed by atoms with Gasteiger partial charge < -0.3 is 19.5 Å². The SMILES string of the molecule is CC(C)CCN[C@H]1CO[C@H]2[C@@H]1OC[C@H]2OCc1ccccc1. The summed E-state index contributed by atoms with van der Waals surface area (Å²) in [6, 6.07) is 10.6. The predicted octanol–water partition coefficient (Wildman–Crippen LogP) is 2.37. The maximum atomic E-state index is 6.02. The molecular formula is C18H27NO3. The third-order valence-corrected chi connectivity index (χ3v) is 4.44. The molecule has 3 rings (SSSR count). The molecule has 2 heterocycles. The standard InChI is InChI=1S/C18H27NO3/c1-13(2)8-9-19-15-11-21-18-16(12-22-17(15)18)20-10-14-6-4-3-5-7-14/h3-7,13,15-19H,8-12H2,1-2H3/t15-,16+,17+,18+/m0/s1. The van der Waals surface area contributed by atoms with Gasteiger partial charge in [0, 0.05) is 0 Å². The van der Waals surface area contributed by atoms with Gasteiger partial charge in [0.05, 0.1) is 25.9 Å². The Balaban J connectivity index is 1.45. The molecule has 0 radical (unpaired) electrons. The third-order valence-electron chi connectivity index (χ3n) is 4.44. The third kappa shape index (κ3) is 3.87. The minimum atomic E-state index is 0.0436. The Morgan fingerprint density at radius 1 is 1.14 bits per heavy atom. The Bertz CT molecular complexity index is 451. The van der Waals surface area contributed by atoms with Crippen LogP contribution in [0.2, 0.25) is 0 Å². The lowest BCUT2D eigenvalue weighted by Gasteiger charge is -2.18. The Morgan fingerprint density at radius 3 is 2.68 bits per heavy atom. The van der Waals surface area contributed by atoms with Crippen LogP contribution in [0, 0.1) is 5.92 Å². The van der Waals surface area contributed by atoms with Crippen molar-refractivity contribution < 1.29 is 14.2 Å². The van der Waals surface area contributed by atoms with Gasteiger partial charge in [-0.3, -0.25) is 0 Å². The van der Waals surface area contributed by atoms with Crippen LogP contribution < -0.4 is 5.32 Å². The number of benzene rings is 1. The Hall–Kier alpha value is -0.940. The lowest BCUT2D eigenvalue weighted by molar-refractivity contribution is -0.0393. The highest BCUT2D eigenvalue weighted by Gasteiger charge is 2.47. The molecule has 2 fully saturated rings. The summed E-state index contributed by atoms with van der Waals surface area (Å²) >= 11 is 0. The second-order valence-corrected chi connectivity index (χ2v) is 6.67. The molecule has 1 aromatic rings. The van der Waals surface area contributed by atoms with E-state index >= 15 is 0 Å². The van der Waals surface area contributed by atoms with Gasteiger partial charge in [-0.15, -0.1) is 0 Å². The molecule has 0 amide bonds. The maximum Gasteiger partial charge on any atom is 0.114 e. The molecule has 0 saturated carbocycles. The van der Waals surface area contributed by atoms with Crippen molar-refractivity contribution in [1.29, 1.82) is 0 Å². The average Bonchev–Trinajstić information content (AvgIpc) is 3.09. The Kier molecular flexibility index (Phi) is 5.47. The first kappa shape index (κ1) is 15.9. The van der Waals surface area contributed by atoms with Gasteiger partial charge in [-0.05, 0) is 24.4 Å². The molecule has 4 heteroatoms. The van der Waals surface area contributed by atoms with Gasteiger partial charge in [-0.2, -0.15) is 0 Å². The zero-order chi connectivity index (χ0) is 15.4. The van der Waals surface area contributed by atoms with Crippen LogP contribution in [0.1, 0.15) is 25.8 Å². The van der Waals surface area contributed by atoms with E-state index in [0.717, 1.165) is 19.1 Å². The van der Waals surface area contributed by atoms with E-state index in [-0.39, 0.29) is 18.3 Å². The van der Waals surface area contributed by atoms with Gasteiger partial charge >= 0.3 is 0 Å². The van der Waals surface area contributed by atoms with Crippen molar-refractivity contribution >= 4 is 0 Å². The number of hydrogen-bond acceptors (Lipinski definition) is 4. The van der Waals surface area contributed by atoms with Crippen LogP contribution in [0.15, 0.2) is 30.3 Å². The normalized spacial score (nSPS) is 30.9. The van der Waals surface area contributed by atoms with Gasteiger partial charge in [0.15, 0.2) is 0 Å². The minimum Gasteiger partial charge on any atom is -0.371 e. The molecule has 0 bridgehead atoms. The van der Waals surface area contributed by atoms with Crippen LogP contribution in [0.5, 0.6) is 0 Å². The van der Waals surface area contributed by atoms with E-state index in [1.165, 1.54) is 12.0 Å². The Labute approximate surface area is 133 Å². The molecule has 0 aliphatic carbocycles. The van der Waals surface area contributed by atoms with Crippen LogP contribution in [-0.2, 0) is 20.8 Å². The summed E-state index contributed by atoms with van der Waals surface area (Å²) in [5.41, 5.74) is 1.19. The molecule has 22 heavy (non-hydrogen) atoms. The highest BCUT2D eigenvalue weighted by molar-refractivity contribution is 5.13. The van der Waals surface area contributed by atoms with E-state index in [0.29, 0.717) is 19.3 Å². The van der Waals surface area contributed by atoms with Crippen molar-refractivity contribution in [2.24, 2.45) is 5.92 Å². The largest absolute Gasteiger partial charge is 0.371 e. The fraction of sp³-hybridized carbons (Fsp3) is 0.667. The van der Waals surface area contributed by atoms with Crippen molar-refractivity contribution in [3.63, 3.8) is 0 Å². The molecule has 1 N–H and O–H groups in total. The summed E-state index contributed by atoms with van der Waals surface area (Å²) in [4.78, 5) is 0. The van der Waals surface area contributed by atoms with Crippen LogP contribution in [0.25, 0.3) is 0 Å². The zero-order valence-electron chi connectivity index (χ0n) is 13.5. The number of rotatable bonds is 7. The van der Waals surface area contributed by atoms with Crippen molar-refractivity contribution in [2.75, 3.05) is 19.8 Å². The van der Waals surface area contributed by atoms with Crippen molar-refractivity contribution in [2.45, 2.75) is 51.2 Å².